The Morgan fingerprint density at radius 2 is 1.93 bits per heavy atom. The van der Waals surface area contributed by atoms with Crippen molar-refractivity contribution in [1.29, 1.82) is 0 Å². The van der Waals surface area contributed by atoms with Gasteiger partial charge in [-0.2, -0.15) is 0 Å². The van der Waals surface area contributed by atoms with Gasteiger partial charge in [-0.25, -0.2) is 0 Å². The third kappa shape index (κ3) is 11.0. The van der Waals surface area contributed by atoms with Crippen LogP contribution < -0.4 is 10.5 Å². The molecule has 0 amide bonds. The molecule has 0 heterocycles. The summed E-state index contributed by atoms with van der Waals surface area (Å²) in [5, 5.41) is 10.6. The highest BCUT2D eigenvalue weighted by Crippen LogP contribution is 2.20. The second kappa shape index (κ2) is 15.5. The van der Waals surface area contributed by atoms with Crippen LogP contribution in [-0.4, -0.2) is 43.1 Å². The van der Waals surface area contributed by atoms with Gasteiger partial charge in [0.1, 0.15) is 11.9 Å². The summed E-state index contributed by atoms with van der Waals surface area (Å²) in [6.45, 7) is 2.47. The van der Waals surface area contributed by atoms with E-state index in [0.717, 1.165) is 31.2 Å². The molecule has 3 N–H and O–H groups in total. The number of hydrogen-bond acceptors (Lipinski definition) is 7. The average Bonchev–Trinajstić information content (AvgIpc) is 2.74. The average molecular weight is 422 g/mol. The molecular formula is C23H35NO6. The Labute approximate surface area is 179 Å². The molecule has 0 saturated carbocycles. The van der Waals surface area contributed by atoms with Crippen LogP contribution in [0.5, 0.6) is 5.75 Å². The monoisotopic (exact) mass is 421 g/mol. The minimum atomic E-state index is -0.677. The number of carbonyl (C=O) groups is 2. The summed E-state index contributed by atoms with van der Waals surface area (Å²) in [6.07, 6.45) is 7.78. The van der Waals surface area contributed by atoms with Crippen LogP contribution in [0.25, 0.3) is 0 Å². The van der Waals surface area contributed by atoms with Crippen LogP contribution in [-0.2, 0) is 25.5 Å². The van der Waals surface area contributed by atoms with Crippen molar-refractivity contribution in [2.75, 3.05) is 7.11 Å². The molecule has 168 valence electrons. The molecule has 0 spiro atoms. The van der Waals surface area contributed by atoms with Gasteiger partial charge in [0.2, 0.25) is 0 Å². The number of nitrogens with two attached hydrogens (primary N) is 1. The van der Waals surface area contributed by atoms with Gasteiger partial charge in [0.25, 0.3) is 6.47 Å². The highest BCUT2D eigenvalue weighted by Gasteiger charge is 2.20. The molecule has 1 aromatic rings. The number of unbranched alkanes of at least 4 members (excludes halogenated alkanes) is 2. The van der Waals surface area contributed by atoms with Gasteiger partial charge in [-0.1, -0.05) is 44.1 Å². The summed E-state index contributed by atoms with van der Waals surface area (Å²) in [4.78, 5) is 21.5. The number of carbonyl (C=O) groups excluding carboxylic acids is 2. The molecule has 0 aliphatic carbocycles. The van der Waals surface area contributed by atoms with E-state index in [4.69, 9.17) is 15.2 Å². The molecule has 0 aromatic heterocycles. The molecule has 0 radical (unpaired) electrons. The molecule has 0 fully saturated rings. The van der Waals surface area contributed by atoms with Crippen molar-refractivity contribution in [3.8, 4) is 5.75 Å². The number of hydrogen-bond donors (Lipinski definition) is 2. The maximum absolute atomic E-state index is 11.1. The van der Waals surface area contributed by atoms with Crippen LogP contribution in [0.15, 0.2) is 36.4 Å². The number of ether oxygens (including phenoxy) is 3. The highest BCUT2D eigenvalue weighted by atomic mass is 16.5. The van der Waals surface area contributed by atoms with Crippen molar-refractivity contribution >= 4 is 12.4 Å². The summed E-state index contributed by atoms with van der Waals surface area (Å²) in [5.41, 5.74) is 6.61. The Morgan fingerprint density at radius 3 is 2.57 bits per heavy atom. The van der Waals surface area contributed by atoms with E-state index >= 15 is 0 Å². The molecule has 0 aliphatic rings. The van der Waals surface area contributed by atoms with Gasteiger partial charge in [-0.05, 0) is 43.4 Å². The van der Waals surface area contributed by atoms with Crippen molar-refractivity contribution in [3.05, 3.63) is 42.0 Å². The first kappa shape index (κ1) is 25.7. The number of allylic oxidation sites excluding steroid dienone is 1. The number of methoxy groups -OCH3 is 1. The van der Waals surface area contributed by atoms with Crippen LogP contribution in [0.1, 0.15) is 57.4 Å². The predicted molar refractivity (Wildman–Crippen MR) is 115 cm³/mol. The Kier molecular flexibility index (Phi) is 13.2. The molecule has 0 aliphatic heterocycles. The van der Waals surface area contributed by atoms with Crippen molar-refractivity contribution in [2.45, 2.75) is 76.7 Å². The van der Waals surface area contributed by atoms with E-state index in [0.29, 0.717) is 37.9 Å². The Bertz CT molecular complexity index is 631. The standard InChI is InChI=1S/C23H35NO6/c1-3-4-6-10-21(20(26)9-7-5-8-11-23(27)28-2)30-19-14-12-18(13-15-19)16-22(24)29-17-25/h5,7,12-15,17,20-22,26H,3-4,6,8-11,16,24H2,1-2H3. The third-order valence-corrected chi connectivity index (χ3v) is 4.69. The molecule has 1 rings (SSSR count). The Balaban J connectivity index is 2.62. The lowest BCUT2D eigenvalue weighted by Crippen LogP contribution is -2.31. The van der Waals surface area contributed by atoms with Crippen LogP contribution in [0, 0.1) is 0 Å². The molecule has 7 nitrogen and oxygen atoms in total. The van der Waals surface area contributed by atoms with Gasteiger partial charge in [-0.15, -0.1) is 0 Å². The van der Waals surface area contributed by atoms with Crippen LogP contribution >= 0.6 is 0 Å². The normalized spacial score (nSPS) is 14.1. The van der Waals surface area contributed by atoms with E-state index < -0.39 is 12.3 Å². The quantitative estimate of drug-likeness (QED) is 0.139. The number of aliphatic hydroxyl groups is 1. The van der Waals surface area contributed by atoms with Crippen LogP contribution in [0.2, 0.25) is 0 Å². The zero-order valence-electron chi connectivity index (χ0n) is 18.0. The molecule has 0 saturated heterocycles. The van der Waals surface area contributed by atoms with Gasteiger partial charge >= 0.3 is 5.97 Å². The Morgan fingerprint density at radius 1 is 1.20 bits per heavy atom. The molecule has 7 heteroatoms. The van der Waals surface area contributed by atoms with Gasteiger partial charge in [0, 0.05) is 12.8 Å². The highest BCUT2D eigenvalue weighted by molar-refractivity contribution is 5.69. The number of benzene rings is 1. The van der Waals surface area contributed by atoms with E-state index in [2.05, 4.69) is 11.7 Å². The largest absolute Gasteiger partial charge is 0.488 e. The van der Waals surface area contributed by atoms with Crippen molar-refractivity contribution < 1.29 is 28.9 Å². The topological polar surface area (TPSA) is 108 Å². The minimum absolute atomic E-state index is 0.247. The number of rotatable bonds is 16. The molecule has 1 aromatic carbocycles. The zero-order chi connectivity index (χ0) is 22.2. The maximum Gasteiger partial charge on any atom is 0.305 e. The van der Waals surface area contributed by atoms with E-state index in [1.807, 2.05) is 36.4 Å². The summed E-state index contributed by atoms with van der Waals surface area (Å²) in [7, 11) is 1.37. The SMILES string of the molecule is CCCCCC(Oc1ccc(CC(N)OC=O)cc1)C(O)CC=CCCC(=O)OC. The minimum Gasteiger partial charge on any atom is -0.488 e. The smallest absolute Gasteiger partial charge is 0.305 e. The van der Waals surface area contributed by atoms with E-state index in [1.54, 1.807) is 0 Å². The lowest BCUT2D eigenvalue weighted by atomic mass is 10.0. The second-order valence-electron chi connectivity index (χ2n) is 7.16. The lowest BCUT2D eigenvalue weighted by molar-refractivity contribution is -0.140. The van der Waals surface area contributed by atoms with Crippen molar-refractivity contribution in [1.82, 2.24) is 0 Å². The predicted octanol–water partition coefficient (Wildman–Crippen LogP) is 3.28. The van der Waals surface area contributed by atoms with Gasteiger partial charge < -0.3 is 19.3 Å². The van der Waals surface area contributed by atoms with E-state index in [-0.39, 0.29) is 12.1 Å². The van der Waals surface area contributed by atoms with Crippen LogP contribution in [0.3, 0.4) is 0 Å². The summed E-state index contributed by atoms with van der Waals surface area (Å²) in [6, 6.07) is 7.39. The number of aliphatic hydroxyl groups excluding tert-OH is 1. The maximum atomic E-state index is 11.1. The van der Waals surface area contributed by atoms with Gasteiger partial charge in [-0.3, -0.25) is 15.3 Å². The first-order chi connectivity index (χ1) is 14.5. The van der Waals surface area contributed by atoms with Crippen molar-refractivity contribution in [2.24, 2.45) is 5.73 Å². The van der Waals surface area contributed by atoms with E-state index in [1.165, 1.54) is 7.11 Å². The fourth-order valence-electron chi connectivity index (χ4n) is 2.96. The van der Waals surface area contributed by atoms with Crippen LogP contribution in [0.4, 0.5) is 0 Å². The first-order valence-electron chi connectivity index (χ1n) is 10.5. The molecular weight excluding hydrogens is 386 g/mol. The third-order valence-electron chi connectivity index (χ3n) is 4.69. The summed E-state index contributed by atoms with van der Waals surface area (Å²) < 4.78 is 15.4. The zero-order valence-corrected chi connectivity index (χ0v) is 18.0. The summed E-state index contributed by atoms with van der Waals surface area (Å²) >= 11 is 0. The molecule has 3 atom stereocenters. The Hall–Kier alpha value is -2.38. The first-order valence-corrected chi connectivity index (χ1v) is 10.5. The van der Waals surface area contributed by atoms with Gasteiger partial charge in [0.15, 0.2) is 6.23 Å². The fourth-order valence-corrected chi connectivity index (χ4v) is 2.96. The summed E-state index contributed by atoms with van der Waals surface area (Å²) in [5.74, 6) is 0.418. The lowest BCUT2D eigenvalue weighted by Gasteiger charge is -2.24. The van der Waals surface area contributed by atoms with Gasteiger partial charge in [0.05, 0.1) is 13.2 Å². The van der Waals surface area contributed by atoms with Crippen molar-refractivity contribution in [3.63, 3.8) is 0 Å². The van der Waals surface area contributed by atoms with E-state index in [9.17, 15) is 14.7 Å². The fraction of sp³-hybridized carbons (Fsp3) is 0.565. The molecule has 0 bridgehead atoms. The molecule has 3 unspecified atom stereocenters. The number of esters is 1. The second-order valence-corrected chi connectivity index (χ2v) is 7.16. The molecule has 30 heavy (non-hydrogen) atoms.